The summed E-state index contributed by atoms with van der Waals surface area (Å²) >= 11 is 0. The van der Waals surface area contributed by atoms with Gasteiger partial charge < -0.3 is 0 Å². The van der Waals surface area contributed by atoms with E-state index in [9.17, 15) is 0 Å². The van der Waals surface area contributed by atoms with Crippen LogP contribution >= 0.6 is 0 Å². The van der Waals surface area contributed by atoms with Crippen molar-refractivity contribution in [2.45, 2.75) is 6.92 Å². The van der Waals surface area contributed by atoms with E-state index in [1.165, 1.54) is 32.5 Å². The Morgan fingerprint density at radius 1 is 0.684 bits per heavy atom. The van der Waals surface area contributed by atoms with Crippen molar-refractivity contribution in [2.75, 3.05) is 0 Å². The smallest absolute Gasteiger partial charge is 0.0783 e. The number of rotatable bonds is 0. The molecule has 1 aromatic heterocycles. The zero-order valence-electron chi connectivity index (χ0n) is 10.7. The molecule has 0 aliphatic rings. The van der Waals surface area contributed by atoms with Crippen molar-refractivity contribution in [1.82, 2.24) is 4.98 Å². The van der Waals surface area contributed by atoms with Crippen LogP contribution in [0, 0.1) is 6.92 Å². The number of hydrogen-bond donors (Lipinski definition) is 0. The second kappa shape index (κ2) is 3.79. The molecule has 0 unspecified atom stereocenters. The highest BCUT2D eigenvalue weighted by Crippen LogP contribution is 2.30. The fourth-order valence-corrected chi connectivity index (χ4v) is 2.84. The Balaban J connectivity index is 2.29. The van der Waals surface area contributed by atoms with Gasteiger partial charge in [0.15, 0.2) is 0 Å². The van der Waals surface area contributed by atoms with Crippen molar-refractivity contribution in [2.24, 2.45) is 0 Å². The van der Waals surface area contributed by atoms with Crippen molar-refractivity contribution < 1.29 is 0 Å². The topological polar surface area (TPSA) is 12.9 Å². The molecule has 1 heterocycles. The summed E-state index contributed by atoms with van der Waals surface area (Å²) in [5, 5.41) is 6.33. The summed E-state index contributed by atoms with van der Waals surface area (Å²) in [6.07, 6.45) is 1.90. The van der Waals surface area contributed by atoms with Crippen LogP contribution in [-0.4, -0.2) is 4.98 Å². The summed E-state index contributed by atoms with van der Waals surface area (Å²) in [5.41, 5.74) is 2.38. The lowest BCUT2D eigenvalue weighted by Crippen LogP contribution is -1.85. The van der Waals surface area contributed by atoms with Gasteiger partial charge in [-0.2, -0.15) is 0 Å². The molecule has 0 atom stereocenters. The van der Waals surface area contributed by atoms with Crippen molar-refractivity contribution in [1.29, 1.82) is 0 Å². The Morgan fingerprint density at radius 3 is 2.42 bits per heavy atom. The normalized spacial score (nSPS) is 11.4. The SMILES string of the molecule is Cc1ccnc2c1ccc1c3ccccc3ccc12. The predicted molar refractivity (Wildman–Crippen MR) is 81.5 cm³/mol. The van der Waals surface area contributed by atoms with Crippen LogP contribution in [0.2, 0.25) is 0 Å². The Hall–Kier alpha value is -2.41. The number of nitrogens with zero attached hydrogens (tertiary/aromatic N) is 1. The molecule has 0 radical (unpaired) electrons. The van der Waals surface area contributed by atoms with Crippen molar-refractivity contribution in [3.05, 3.63) is 66.4 Å². The third-order valence-electron chi connectivity index (χ3n) is 3.85. The molecule has 0 bridgehead atoms. The van der Waals surface area contributed by atoms with Gasteiger partial charge in [0.2, 0.25) is 0 Å². The van der Waals surface area contributed by atoms with Gasteiger partial charge in [-0.05, 0) is 34.7 Å². The van der Waals surface area contributed by atoms with Crippen LogP contribution in [0.1, 0.15) is 5.56 Å². The van der Waals surface area contributed by atoms with E-state index in [1.54, 1.807) is 0 Å². The van der Waals surface area contributed by atoms with Crippen molar-refractivity contribution in [3.8, 4) is 0 Å². The second-order valence-corrected chi connectivity index (χ2v) is 4.97. The highest BCUT2D eigenvalue weighted by molar-refractivity contribution is 6.16. The lowest BCUT2D eigenvalue weighted by atomic mass is 9.98. The lowest BCUT2D eigenvalue weighted by molar-refractivity contribution is 1.38. The van der Waals surface area contributed by atoms with Crippen LogP contribution in [0.3, 0.4) is 0 Å². The predicted octanol–water partition coefficient (Wildman–Crippen LogP) is 4.85. The maximum absolute atomic E-state index is 4.58. The van der Waals surface area contributed by atoms with E-state index in [2.05, 4.69) is 66.5 Å². The maximum atomic E-state index is 4.58. The first-order valence-electron chi connectivity index (χ1n) is 6.50. The van der Waals surface area contributed by atoms with Crippen LogP contribution in [0.4, 0.5) is 0 Å². The fourth-order valence-electron chi connectivity index (χ4n) is 2.84. The first-order chi connectivity index (χ1) is 9.34. The molecule has 3 aromatic carbocycles. The first-order valence-corrected chi connectivity index (χ1v) is 6.50. The van der Waals surface area contributed by atoms with Gasteiger partial charge in [-0.1, -0.05) is 48.5 Å². The molecular weight excluding hydrogens is 230 g/mol. The third kappa shape index (κ3) is 1.45. The van der Waals surface area contributed by atoms with E-state index < -0.39 is 0 Å². The molecule has 0 saturated carbocycles. The minimum atomic E-state index is 1.10. The van der Waals surface area contributed by atoms with Crippen molar-refractivity contribution >= 4 is 32.4 Å². The summed E-state index contributed by atoms with van der Waals surface area (Å²) in [5.74, 6) is 0. The highest BCUT2D eigenvalue weighted by Gasteiger charge is 2.06. The van der Waals surface area contributed by atoms with Gasteiger partial charge >= 0.3 is 0 Å². The number of aryl methyl sites for hydroxylation is 1. The average molecular weight is 243 g/mol. The van der Waals surface area contributed by atoms with E-state index in [0.29, 0.717) is 0 Å². The maximum Gasteiger partial charge on any atom is 0.0783 e. The van der Waals surface area contributed by atoms with E-state index in [-0.39, 0.29) is 0 Å². The van der Waals surface area contributed by atoms with Crippen LogP contribution in [-0.2, 0) is 0 Å². The van der Waals surface area contributed by atoms with E-state index >= 15 is 0 Å². The Morgan fingerprint density at radius 2 is 1.47 bits per heavy atom. The molecule has 1 nitrogen and oxygen atoms in total. The molecule has 0 amide bonds. The third-order valence-corrected chi connectivity index (χ3v) is 3.85. The molecule has 0 aliphatic carbocycles. The number of aromatic nitrogens is 1. The standard InChI is InChI=1S/C18H13N/c1-12-10-11-19-18-14(12)8-9-16-15-5-3-2-4-13(15)6-7-17(16)18/h2-11H,1H3. The van der Waals surface area contributed by atoms with E-state index in [0.717, 1.165) is 5.52 Å². The van der Waals surface area contributed by atoms with Gasteiger partial charge in [-0.3, -0.25) is 4.98 Å². The fraction of sp³-hybridized carbons (Fsp3) is 0.0556. The summed E-state index contributed by atoms with van der Waals surface area (Å²) in [6, 6.07) is 19.3. The minimum absolute atomic E-state index is 1.10. The van der Waals surface area contributed by atoms with Crippen LogP contribution in [0.15, 0.2) is 60.8 Å². The van der Waals surface area contributed by atoms with Gasteiger partial charge in [-0.15, -0.1) is 0 Å². The highest BCUT2D eigenvalue weighted by atomic mass is 14.6. The molecule has 90 valence electrons. The molecule has 4 aromatic rings. The molecule has 0 fully saturated rings. The minimum Gasteiger partial charge on any atom is -0.256 e. The number of fused-ring (bicyclic) bond motifs is 5. The van der Waals surface area contributed by atoms with Gasteiger partial charge in [0.25, 0.3) is 0 Å². The molecule has 1 heteroatoms. The molecular formula is C18H13N. The van der Waals surface area contributed by atoms with Gasteiger partial charge in [0.1, 0.15) is 0 Å². The Kier molecular flexibility index (Phi) is 2.10. The summed E-state index contributed by atoms with van der Waals surface area (Å²) < 4.78 is 0. The molecule has 4 rings (SSSR count). The van der Waals surface area contributed by atoms with Gasteiger partial charge in [-0.25, -0.2) is 0 Å². The summed E-state index contributed by atoms with van der Waals surface area (Å²) in [6.45, 7) is 2.14. The van der Waals surface area contributed by atoms with E-state index in [1.807, 2.05) is 6.20 Å². The average Bonchev–Trinajstić information content (AvgIpc) is 2.47. The second-order valence-electron chi connectivity index (χ2n) is 4.97. The molecule has 0 aliphatic heterocycles. The Labute approximate surface area is 111 Å². The zero-order chi connectivity index (χ0) is 12.8. The number of pyridine rings is 1. The first kappa shape index (κ1) is 10.5. The van der Waals surface area contributed by atoms with Crippen LogP contribution in [0.5, 0.6) is 0 Å². The van der Waals surface area contributed by atoms with E-state index in [4.69, 9.17) is 0 Å². The molecule has 0 saturated heterocycles. The summed E-state index contributed by atoms with van der Waals surface area (Å²) in [4.78, 5) is 4.58. The molecule has 0 spiro atoms. The number of hydrogen-bond acceptors (Lipinski definition) is 1. The molecule has 0 N–H and O–H groups in total. The molecule has 19 heavy (non-hydrogen) atoms. The van der Waals surface area contributed by atoms with Crippen LogP contribution in [0.25, 0.3) is 32.4 Å². The lowest BCUT2D eigenvalue weighted by Gasteiger charge is -2.08. The van der Waals surface area contributed by atoms with Crippen molar-refractivity contribution in [3.63, 3.8) is 0 Å². The van der Waals surface area contributed by atoms with Gasteiger partial charge in [0.05, 0.1) is 5.52 Å². The largest absolute Gasteiger partial charge is 0.256 e. The van der Waals surface area contributed by atoms with Crippen LogP contribution < -0.4 is 0 Å². The quantitative estimate of drug-likeness (QED) is 0.402. The number of benzene rings is 3. The summed E-state index contributed by atoms with van der Waals surface area (Å²) in [7, 11) is 0. The monoisotopic (exact) mass is 243 g/mol. The zero-order valence-corrected chi connectivity index (χ0v) is 10.7. The van der Waals surface area contributed by atoms with Gasteiger partial charge in [0, 0.05) is 17.0 Å². The Bertz CT molecular complexity index is 922.